The minimum absolute atomic E-state index is 0.665. The summed E-state index contributed by atoms with van der Waals surface area (Å²) in [4.78, 5) is 11.2. The van der Waals surface area contributed by atoms with E-state index < -0.39 is 0 Å². The maximum atomic E-state index is 5.74. The second kappa shape index (κ2) is 7.28. The standard InChI is InChI=1S/C14H24N4O/c1-3-6-15-14-16-12(2)11-13(17-14)19-10-9-18-7-4-5-8-18/h11H,3-10H2,1-2H3,(H,15,16,17). The lowest BCUT2D eigenvalue weighted by atomic mass is 10.4. The highest BCUT2D eigenvalue weighted by molar-refractivity contribution is 5.30. The molecule has 5 nitrogen and oxygen atoms in total. The highest BCUT2D eigenvalue weighted by Gasteiger charge is 2.11. The number of aromatic nitrogens is 2. The molecule has 1 aromatic heterocycles. The molecule has 0 aliphatic carbocycles. The van der Waals surface area contributed by atoms with Gasteiger partial charge in [0.1, 0.15) is 6.61 Å². The number of nitrogens with zero attached hydrogens (tertiary/aromatic N) is 3. The largest absolute Gasteiger partial charge is 0.476 e. The Morgan fingerprint density at radius 2 is 2.11 bits per heavy atom. The average molecular weight is 264 g/mol. The predicted molar refractivity (Wildman–Crippen MR) is 76.7 cm³/mol. The molecule has 5 heteroatoms. The Balaban J connectivity index is 1.82. The zero-order valence-electron chi connectivity index (χ0n) is 12.0. The fourth-order valence-electron chi connectivity index (χ4n) is 2.22. The number of hydrogen-bond donors (Lipinski definition) is 1. The van der Waals surface area contributed by atoms with Crippen molar-refractivity contribution in [2.75, 3.05) is 38.1 Å². The Hall–Kier alpha value is -1.36. The van der Waals surface area contributed by atoms with E-state index in [-0.39, 0.29) is 0 Å². The fourth-order valence-corrected chi connectivity index (χ4v) is 2.22. The third-order valence-corrected chi connectivity index (χ3v) is 3.22. The molecular weight excluding hydrogens is 240 g/mol. The van der Waals surface area contributed by atoms with Gasteiger partial charge in [-0.25, -0.2) is 4.98 Å². The van der Waals surface area contributed by atoms with Crippen LogP contribution in [-0.4, -0.2) is 47.7 Å². The molecule has 19 heavy (non-hydrogen) atoms. The second-order valence-corrected chi connectivity index (χ2v) is 5.00. The summed E-state index contributed by atoms with van der Waals surface area (Å²) in [6.45, 7) is 9.06. The normalized spacial score (nSPS) is 15.7. The van der Waals surface area contributed by atoms with Crippen LogP contribution in [0.2, 0.25) is 0 Å². The highest BCUT2D eigenvalue weighted by Crippen LogP contribution is 2.12. The van der Waals surface area contributed by atoms with E-state index in [2.05, 4.69) is 27.1 Å². The summed E-state index contributed by atoms with van der Waals surface area (Å²) >= 11 is 0. The third kappa shape index (κ3) is 4.67. The molecule has 1 fully saturated rings. The molecule has 2 heterocycles. The molecule has 1 aromatic rings. The topological polar surface area (TPSA) is 50.3 Å². The van der Waals surface area contributed by atoms with Crippen molar-refractivity contribution in [1.29, 1.82) is 0 Å². The lowest BCUT2D eigenvalue weighted by Crippen LogP contribution is -2.25. The van der Waals surface area contributed by atoms with E-state index in [1.54, 1.807) is 0 Å². The molecule has 106 valence electrons. The molecule has 2 rings (SSSR count). The van der Waals surface area contributed by atoms with Gasteiger partial charge in [-0.3, -0.25) is 4.90 Å². The first-order valence-electron chi connectivity index (χ1n) is 7.22. The van der Waals surface area contributed by atoms with Crippen LogP contribution in [0.4, 0.5) is 5.95 Å². The zero-order valence-corrected chi connectivity index (χ0v) is 12.0. The first-order chi connectivity index (χ1) is 9.28. The summed E-state index contributed by atoms with van der Waals surface area (Å²) in [7, 11) is 0. The van der Waals surface area contributed by atoms with Gasteiger partial charge in [0, 0.05) is 24.8 Å². The summed E-state index contributed by atoms with van der Waals surface area (Å²) < 4.78 is 5.74. The Morgan fingerprint density at radius 1 is 1.32 bits per heavy atom. The molecule has 0 saturated carbocycles. The molecule has 0 amide bonds. The van der Waals surface area contributed by atoms with E-state index in [4.69, 9.17) is 4.74 Å². The number of ether oxygens (including phenoxy) is 1. The van der Waals surface area contributed by atoms with Gasteiger partial charge in [0.25, 0.3) is 0 Å². The molecule has 0 bridgehead atoms. The van der Waals surface area contributed by atoms with E-state index in [0.29, 0.717) is 18.4 Å². The van der Waals surface area contributed by atoms with Crippen LogP contribution in [-0.2, 0) is 0 Å². The van der Waals surface area contributed by atoms with Gasteiger partial charge in [-0.2, -0.15) is 4.98 Å². The molecule has 0 unspecified atom stereocenters. The zero-order chi connectivity index (χ0) is 13.5. The summed E-state index contributed by atoms with van der Waals surface area (Å²) in [5, 5.41) is 3.19. The van der Waals surface area contributed by atoms with Gasteiger partial charge < -0.3 is 10.1 Å². The van der Waals surface area contributed by atoms with E-state index >= 15 is 0 Å². The van der Waals surface area contributed by atoms with Crippen LogP contribution in [0, 0.1) is 6.92 Å². The Morgan fingerprint density at radius 3 is 2.84 bits per heavy atom. The van der Waals surface area contributed by atoms with Gasteiger partial charge in [0.05, 0.1) is 0 Å². The molecular formula is C14H24N4O. The smallest absolute Gasteiger partial charge is 0.226 e. The van der Waals surface area contributed by atoms with Crippen LogP contribution < -0.4 is 10.1 Å². The first-order valence-corrected chi connectivity index (χ1v) is 7.22. The van der Waals surface area contributed by atoms with Crippen molar-refractivity contribution in [3.63, 3.8) is 0 Å². The lowest BCUT2D eigenvalue weighted by molar-refractivity contribution is 0.232. The minimum Gasteiger partial charge on any atom is -0.476 e. The van der Waals surface area contributed by atoms with Gasteiger partial charge in [-0.15, -0.1) is 0 Å². The van der Waals surface area contributed by atoms with E-state index in [9.17, 15) is 0 Å². The maximum absolute atomic E-state index is 5.74. The summed E-state index contributed by atoms with van der Waals surface area (Å²) in [5.74, 6) is 1.34. The SMILES string of the molecule is CCCNc1nc(C)cc(OCCN2CCCC2)n1. The minimum atomic E-state index is 0.665. The number of aryl methyl sites for hydroxylation is 1. The van der Waals surface area contributed by atoms with Crippen LogP contribution >= 0.6 is 0 Å². The van der Waals surface area contributed by atoms with Crippen molar-refractivity contribution in [1.82, 2.24) is 14.9 Å². The van der Waals surface area contributed by atoms with Crippen LogP contribution in [0.1, 0.15) is 31.9 Å². The molecule has 1 N–H and O–H groups in total. The maximum Gasteiger partial charge on any atom is 0.226 e. The van der Waals surface area contributed by atoms with Gasteiger partial charge in [0.2, 0.25) is 11.8 Å². The van der Waals surface area contributed by atoms with Gasteiger partial charge >= 0.3 is 0 Å². The lowest BCUT2D eigenvalue weighted by Gasteiger charge is -2.15. The van der Waals surface area contributed by atoms with Crippen molar-refractivity contribution in [2.24, 2.45) is 0 Å². The van der Waals surface area contributed by atoms with Crippen LogP contribution in [0.5, 0.6) is 5.88 Å². The number of rotatable bonds is 7. The third-order valence-electron chi connectivity index (χ3n) is 3.22. The van der Waals surface area contributed by atoms with E-state index in [0.717, 1.165) is 25.2 Å². The van der Waals surface area contributed by atoms with Crippen LogP contribution in [0.15, 0.2) is 6.07 Å². The molecule has 1 aliphatic heterocycles. The molecule has 0 spiro atoms. The Bertz CT molecular complexity index is 391. The van der Waals surface area contributed by atoms with Crippen molar-refractivity contribution < 1.29 is 4.74 Å². The molecule has 1 saturated heterocycles. The van der Waals surface area contributed by atoms with Crippen molar-refractivity contribution in [2.45, 2.75) is 33.1 Å². The molecule has 0 atom stereocenters. The Kier molecular flexibility index (Phi) is 5.39. The summed E-state index contributed by atoms with van der Waals surface area (Å²) in [6.07, 6.45) is 3.69. The summed E-state index contributed by atoms with van der Waals surface area (Å²) in [6, 6.07) is 1.89. The van der Waals surface area contributed by atoms with Crippen molar-refractivity contribution in [3.05, 3.63) is 11.8 Å². The quantitative estimate of drug-likeness (QED) is 0.817. The average Bonchev–Trinajstić information content (AvgIpc) is 2.89. The van der Waals surface area contributed by atoms with E-state index in [1.807, 2.05) is 13.0 Å². The predicted octanol–water partition coefficient (Wildman–Crippen LogP) is 2.08. The fraction of sp³-hybridized carbons (Fsp3) is 0.714. The first kappa shape index (κ1) is 14.1. The monoisotopic (exact) mass is 264 g/mol. The number of likely N-dealkylation sites (tertiary alicyclic amines) is 1. The molecule has 1 aliphatic rings. The second-order valence-electron chi connectivity index (χ2n) is 5.00. The number of nitrogens with one attached hydrogen (secondary N) is 1. The van der Waals surface area contributed by atoms with Crippen molar-refractivity contribution in [3.8, 4) is 5.88 Å². The molecule has 0 radical (unpaired) electrons. The van der Waals surface area contributed by atoms with Crippen molar-refractivity contribution >= 4 is 5.95 Å². The van der Waals surface area contributed by atoms with E-state index in [1.165, 1.54) is 25.9 Å². The number of anilines is 1. The van der Waals surface area contributed by atoms with Gasteiger partial charge in [-0.05, 0) is 39.3 Å². The molecule has 0 aromatic carbocycles. The van der Waals surface area contributed by atoms with Gasteiger partial charge in [0.15, 0.2) is 0 Å². The highest BCUT2D eigenvalue weighted by atomic mass is 16.5. The number of hydrogen-bond acceptors (Lipinski definition) is 5. The Labute approximate surface area is 115 Å². The van der Waals surface area contributed by atoms with Crippen LogP contribution in [0.3, 0.4) is 0 Å². The van der Waals surface area contributed by atoms with Gasteiger partial charge in [-0.1, -0.05) is 6.92 Å². The van der Waals surface area contributed by atoms with Crippen LogP contribution in [0.25, 0.3) is 0 Å². The summed E-state index contributed by atoms with van der Waals surface area (Å²) in [5.41, 5.74) is 0.935.